The van der Waals surface area contributed by atoms with Crippen molar-refractivity contribution in [3.8, 4) is 27.7 Å². The van der Waals surface area contributed by atoms with Gasteiger partial charge in [-0.25, -0.2) is 0 Å². The molecule has 0 aliphatic carbocycles. The van der Waals surface area contributed by atoms with Gasteiger partial charge in [0.1, 0.15) is 17.2 Å². The van der Waals surface area contributed by atoms with Crippen LogP contribution in [0.2, 0.25) is 0 Å². The number of unbranched alkanes of at least 4 members (excludes halogenated alkanes) is 3. The van der Waals surface area contributed by atoms with Crippen molar-refractivity contribution < 1.29 is 19.7 Å². The number of benzene rings is 3. The van der Waals surface area contributed by atoms with Gasteiger partial charge in [-0.2, -0.15) is 0 Å². The molecular weight excluding hydrogens is 506 g/mol. The van der Waals surface area contributed by atoms with Gasteiger partial charge in [0.15, 0.2) is 11.5 Å². The largest absolute Gasteiger partial charge is 0.508 e. The maximum atomic E-state index is 13.9. The van der Waals surface area contributed by atoms with E-state index in [0.29, 0.717) is 11.1 Å². The van der Waals surface area contributed by atoms with Crippen molar-refractivity contribution in [3.05, 3.63) is 77.9 Å². The number of fused-ring (bicyclic) bond motifs is 1. The lowest BCUT2D eigenvalue weighted by Gasteiger charge is -2.35. The molecule has 0 spiro atoms. The Bertz CT molecular complexity index is 1400. The molecule has 1 unspecified atom stereocenters. The molecule has 1 atom stereocenters. The number of hydrogen-bond donors (Lipinski definition) is 3. The highest BCUT2D eigenvalue weighted by atomic mass is 32.1. The molecule has 1 aliphatic rings. The van der Waals surface area contributed by atoms with Gasteiger partial charge in [0.25, 0.3) is 0 Å². The molecule has 1 saturated heterocycles. The summed E-state index contributed by atoms with van der Waals surface area (Å²) in [7, 11) is 0. The van der Waals surface area contributed by atoms with Gasteiger partial charge in [-0.3, -0.25) is 10.1 Å². The summed E-state index contributed by atoms with van der Waals surface area (Å²) in [5, 5.41) is 24.3. The Balaban J connectivity index is 1.43. The molecule has 5 rings (SSSR count). The highest BCUT2D eigenvalue weighted by Gasteiger charge is 2.32. The van der Waals surface area contributed by atoms with E-state index < -0.39 is 0 Å². The second-order valence-electron chi connectivity index (χ2n) is 10.5. The lowest BCUT2D eigenvalue weighted by Crippen LogP contribution is -2.49. The maximum Gasteiger partial charge on any atom is 0.195 e. The van der Waals surface area contributed by atoms with Crippen molar-refractivity contribution in [1.29, 1.82) is 0 Å². The number of carbonyl (C=O) groups is 1. The number of carbonyl (C=O) groups excluding carboxylic acids is 1. The van der Waals surface area contributed by atoms with Gasteiger partial charge in [-0.05, 0) is 98.1 Å². The zero-order valence-electron chi connectivity index (χ0n) is 22.5. The highest BCUT2D eigenvalue weighted by Crippen LogP contribution is 2.41. The third kappa shape index (κ3) is 6.29. The van der Waals surface area contributed by atoms with Gasteiger partial charge in [-0.15, -0.1) is 11.3 Å². The molecule has 0 amide bonds. The number of rotatable bonds is 10. The first kappa shape index (κ1) is 27.2. The minimum absolute atomic E-state index is 0.0802. The first-order chi connectivity index (χ1) is 19.0. The Morgan fingerprint density at radius 2 is 1.69 bits per heavy atom. The Morgan fingerprint density at radius 3 is 2.46 bits per heavy atom. The predicted molar refractivity (Wildman–Crippen MR) is 159 cm³/mol. The second kappa shape index (κ2) is 12.2. The Morgan fingerprint density at radius 1 is 0.923 bits per heavy atom. The van der Waals surface area contributed by atoms with E-state index in [4.69, 9.17) is 4.74 Å². The first-order valence-electron chi connectivity index (χ1n) is 14.1. The van der Waals surface area contributed by atoms with Crippen LogP contribution in [-0.4, -0.2) is 28.3 Å². The summed E-state index contributed by atoms with van der Waals surface area (Å²) in [6, 6.07) is 19.5. The number of phenolic OH excluding ortho intramolecular Hbond substituents is 2. The molecule has 6 heteroatoms. The normalized spacial score (nSPS) is 17.7. The predicted octanol–water partition coefficient (Wildman–Crippen LogP) is 8.42. The topological polar surface area (TPSA) is 78.8 Å². The third-order valence-electron chi connectivity index (χ3n) is 7.60. The van der Waals surface area contributed by atoms with Crippen LogP contribution in [0.5, 0.6) is 17.2 Å². The number of nitrogens with one attached hydrogen (secondary N) is 1. The van der Waals surface area contributed by atoms with Crippen LogP contribution in [0.4, 0.5) is 0 Å². The monoisotopic (exact) mass is 543 g/mol. The molecule has 0 saturated carbocycles. The van der Waals surface area contributed by atoms with Crippen LogP contribution in [0.25, 0.3) is 20.5 Å². The van der Waals surface area contributed by atoms with Crippen molar-refractivity contribution in [2.24, 2.45) is 0 Å². The zero-order chi connectivity index (χ0) is 27.2. The fraction of sp³-hybridized carbons (Fsp3) is 0.364. The Labute approximate surface area is 234 Å². The average Bonchev–Trinajstić information content (AvgIpc) is 3.16. The van der Waals surface area contributed by atoms with E-state index in [1.54, 1.807) is 30.3 Å². The fourth-order valence-corrected chi connectivity index (χ4v) is 6.72. The number of thiophene rings is 1. The molecule has 1 aromatic heterocycles. The third-order valence-corrected chi connectivity index (χ3v) is 8.80. The van der Waals surface area contributed by atoms with Crippen molar-refractivity contribution >= 4 is 27.2 Å². The number of ether oxygens (including phenoxy) is 1. The zero-order valence-corrected chi connectivity index (χ0v) is 23.4. The molecule has 0 radical (unpaired) electrons. The molecule has 4 aromatic rings. The summed E-state index contributed by atoms with van der Waals surface area (Å²) in [5.74, 6) is 1.03. The highest BCUT2D eigenvalue weighted by molar-refractivity contribution is 7.22. The van der Waals surface area contributed by atoms with Crippen LogP contribution >= 0.6 is 11.3 Å². The first-order valence-corrected chi connectivity index (χ1v) is 14.9. The van der Waals surface area contributed by atoms with Crippen LogP contribution < -0.4 is 10.1 Å². The lowest BCUT2D eigenvalue weighted by molar-refractivity contribution is 0.0176. The van der Waals surface area contributed by atoms with E-state index in [9.17, 15) is 15.0 Å². The molecule has 1 aliphatic heterocycles. The van der Waals surface area contributed by atoms with Crippen LogP contribution in [0, 0.1) is 0 Å². The molecule has 3 aromatic carbocycles. The van der Waals surface area contributed by atoms with Crippen LogP contribution in [0.1, 0.15) is 80.6 Å². The van der Waals surface area contributed by atoms with Gasteiger partial charge < -0.3 is 14.9 Å². The molecule has 0 bridgehead atoms. The smallest absolute Gasteiger partial charge is 0.195 e. The number of ketones is 1. The van der Waals surface area contributed by atoms with Crippen molar-refractivity contribution in [2.75, 3.05) is 6.54 Å². The number of phenols is 2. The van der Waals surface area contributed by atoms with Gasteiger partial charge in [0, 0.05) is 38.9 Å². The number of hydrogen-bond acceptors (Lipinski definition) is 6. The summed E-state index contributed by atoms with van der Waals surface area (Å²) in [5.41, 5.74) is 1.68. The molecule has 2 heterocycles. The van der Waals surface area contributed by atoms with E-state index in [1.807, 2.05) is 36.4 Å². The molecule has 204 valence electrons. The quantitative estimate of drug-likeness (QED) is 0.138. The fourth-order valence-electron chi connectivity index (χ4n) is 5.48. The summed E-state index contributed by atoms with van der Waals surface area (Å²) in [6.45, 7) is 3.20. The maximum absolute atomic E-state index is 13.9. The van der Waals surface area contributed by atoms with Crippen LogP contribution in [0.15, 0.2) is 66.7 Å². The van der Waals surface area contributed by atoms with E-state index >= 15 is 0 Å². The molecule has 1 fully saturated rings. The average molecular weight is 544 g/mol. The van der Waals surface area contributed by atoms with Crippen LogP contribution in [0.3, 0.4) is 0 Å². The van der Waals surface area contributed by atoms with E-state index in [0.717, 1.165) is 58.5 Å². The molecule has 3 N–H and O–H groups in total. The summed E-state index contributed by atoms with van der Waals surface area (Å²) in [6.07, 6.45) is 10.3. The Kier molecular flexibility index (Phi) is 8.53. The van der Waals surface area contributed by atoms with Gasteiger partial charge >= 0.3 is 0 Å². The van der Waals surface area contributed by atoms with Gasteiger partial charge in [0.2, 0.25) is 0 Å². The SMILES string of the molecule is CCCCCCC1(Oc2ccc(C(=O)c3c(-c4ccc(O)cc4)sc4cc(O)ccc34)cc2)CCCCCN1. The number of aromatic hydroxyl groups is 2. The van der Waals surface area contributed by atoms with E-state index in [-0.39, 0.29) is 23.0 Å². The standard InChI is InChI=1S/C33H37NO4S/c1-2-3-4-6-19-33(20-7-5-8-21-34-33)38-27-16-11-23(12-17-27)31(37)30-28-18-15-26(36)22-29(28)39-32(30)24-9-13-25(35)14-10-24/h9-18,22,34-36H,2-8,19-21H2,1H3. The van der Waals surface area contributed by atoms with E-state index in [2.05, 4.69) is 12.2 Å². The van der Waals surface area contributed by atoms with Gasteiger partial charge in [0.05, 0.1) is 0 Å². The minimum atomic E-state index is -0.354. The lowest BCUT2D eigenvalue weighted by atomic mass is 9.97. The van der Waals surface area contributed by atoms with Crippen molar-refractivity contribution in [2.45, 2.75) is 70.4 Å². The minimum Gasteiger partial charge on any atom is -0.508 e. The summed E-state index contributed by atoms with van der Waals surface area (Å²) >= 11 is 1.46. The molecular formula is C33H37NO4S. The van der Waals surface area contributed by atoms with E-state index in [1.165, 1.54) is 43.4 Å². The molecule has 5 nitrogen and oxygen atoms in total. The van der Waals surface area contributed by atoms with Crippen molar-refractivity contribution in [1.82, 2.24) is 5.32 Å². The Hall–Kier alpha value is -3.35. The van der Waals surface area contributed by atoms with Crippen LogP contribution in [-0.2, 0) is 0 Å². The summed E-state index contributed by atoms with van der Waals surface area (Å²) in [4.78, 5) is 14.7. The molecule has 39 heavy (non-hydrogen) atoms. The van der Waals surface area contributed by atoms with Gasteiger partial charge in [-0.1, -0.05) is 32.6 Å². The second-order valence-corrected chi connectivity index (χ2v) is 11.6. The van der Waals surface area contributed by atoms with Crippen molar-refractivity contribution in [3.63, 3.8) is 0 Å². The summed E-state index contributed by atoms with van der Waals surface area (Å²) < 4.78 is 7.48.